The average molecular weight is 475 g/mol. The summed E-state index contributed by atoms with van der Waals surface area (Å²) >= 11 is 0. The first kappa shape index (κ1) is 24.3. The van der Waals surface area contributed by atoms with Gasteiger partial charge in [0.05, 0.1) is 17.5 Å². The van der Waals surface area contributed by atoms with E-state index in [1.165, 1.54) is 0 Å². The zero-order chi connectivity index (χ0) is 25.1. The minimum absolute atomic E-state index is 0.0661. The van der Waals surface area contributed by atoms with Crippen molar-refractivity contribution in [3.63, 3.8) is 0 Å². The number of pyridine rings is 1. The number of nitrogens with one attached hydrogen (secondary N) is 2. The summed E-state index contributed by atoms with van der Waals surface area (Å²) in [7, 11) is 6.08. The van der Waals surface area contributed by atoms with Crippen LogP contribution in [-0.4, -0.2) is 57.7 Å². The predicted molar refractivity (Wildman–Crippen MR) is 143 cm³/mol. The van der Waals surface area contributed by atoms with Gasteiger partial charge in [-0.2, -0.15) is 4.98 Å². The van der Waals surface area contributed by atoms with E-state index in [1.54, 1.807) is 6.20 Å². The maximum Gasteiger partial charge on any atom is 0.240 e. The molecule has 0 bridgehead atoms. The Hall–Kier alpha value is -3.85. The molecule has 0 amide bonds. The zero-order valence-electron chi connectivity index (χ0n) is 21.3. The summed E-state index contributed by atoms with van der Waals surface area (Å²) in [6, 6.07) is 10.2. The Morgan fingerprint density at radius 1 is 1.14 bits per heavy atom. The predicted octanol–water partition coefficient (Wildman–Crippen LogP) is 4.43. The molecule has 35 heavy (non-hydrogen) atoms. The number of ether oxygens (including phenoxy) is 1. The quantitative estimate of drug-likeness (QED) is 0.327. The Morgan fingerprint density at radius 3 is 2.66 bits per heavy atom. The lowest BCUT2D eigenvalue weighted by Crippen LogP contribution is -2.22. The number of nitrogen functional groups attached to an aromatic ring is 1. The number of hydrogen-bond donors (Lipinski definition) is 3. The molecular formula is C26H34N8O. The summed E-state index contributed by atoms with van der Waals surface area (Å²) in [5.41, 5.74) is 11.5. The Labute approximate surface area is 206 Å². The second kappa shape index (κ2) is 10.2. The third-order valence-corrected chi connectivity index (χ3v) is 5.73. The van der Waals surface area contributed by atoms with E-state index in [-0.39, 0.29) is 6.10 Å². The van der Waals surface area contributed by atoms with Crippen LogP contribution >= 0.6 is 0 Å². The molecule has 9 nitrogen and oxygen atoms in total. The van der Waals surface area contributed by atoms with Crippen molar-refractivity contribution in [1.82, 2.24) is 24.4 Å². The summed E-state index contributed by atoms with van der Waals surface area (Å²) in [5, 5.41) is 7.78. The number of anilines is 4. The minimum Gasteiger partial charge on any atom is -0.473 e. The number of benzene rings is 1. The van der Waals surface area contributed by atoms with Gasteiger partial charge in [0.25, 0.3) is 0 Å². The van der Waals surface area contributed by atoms with Crippen molar-refractivity contribution in [2.75, 3.05) is 43.6 Å². The Kier molecular flexibility index (Phi) is 7.07. The van der Waals surface area contributed by atoms with Crippen LogP contribution in [0.5, 0.6) is 5.88 Å². The summed E-state index contributed by atoms with van der Waals surface area (Å²) < 4.78 is 8.16. The van der Waals surface area contributed by atoms with Gasteiger partial charge in [-0.15, -0.1) is 0 Å². The molecule has 184 valence electrons. The highest BCUT2D eigenvalue weighted by atomic mass is 16.5. The fourth-order valence-corrected chi connectivity index (χ4v) is 3.91. The van der Waals surface area contributed by atoms with E-state index in [2.05, 4.69) is 43.4 Å². The number of rotatable bonds is 9. The molecule has 1 aromatic carbocycles. The van der Waals surface area contributed by atoms with Crippen LogP contribution in [0.2, 0.25) is 0 Å². The number of hydrogen-bond acceptors (Lipinski definition) is 8. The molecule has 0 atom stereocenters. The Morgan fingerprint density at radius 2 is 1.91 bits per heavy atom. The lowest BCUT2D eigenvalue weighted by Gasteiger charge is -2.20. The van der Waals surface area contributed by atoms with E-state index >= 15 is 0 Å². The van der Waals surface area contributed by atoms with E-state index in [0.29, 0.717) is 35.6 Å². The van der Waals surface area contributed by atoms with Crippen LogP contribution in [0.4, 0.5) is 23.1 Å². The van der Waals surface area contributed by atoms with E-state index < -0.39 is 0 Å². The SMILES string of the molecule is Cc1c(N)c(NCCN(C)C)nc(OC(C)C)c1Nc1nccc(-c2cn(C)c3ccccc23)n1. The van der Waals surface area contributed by atoms with Crippen LogP contribution in [0.15, 0.2) is 42.7 Å². The highest BCUT2D eigenvalue weighted by Crippen LogP contribution is 2.37. The number of fused-ring (bicyclic) bond motifs is 1. The smallest absolute Gasteiger partial charge is 0.240 e. The molecule has 0 spiro atoms. The van der Waals surface area contributed by atoms with Crippen molar-refractivity contribution in [3.8, 4) is 17.1 Å². The van der Waals surface area contributed by atoms with Gasteiger partial charge in [0.1, 0.15) is 5.69 Å². The van der Waals surface area contributed by atoms with Gasteiger partial charge in [0.2, 0.25) is 11.8 Å². The third-order valence-electron chi connectivity index (χ3n) is 5.73. The number of nitrogens with zero attached hydrogens (tertiary/aromatic N) is 5. The molecule has 0 aliphatic heterocycles. The topological polar surface area (TPSA) is 106 Å². The van der Waals surface area contributed by atoms with Crippen molar-refractivity contribution < 1.29 is 4.74 Å². The lowest BCUT2D eigenvalue weighted by molar-refractivity contribution is 0.234. The largest absolute Gasteiger partial charge is 0.473 e. The maximum absolute atomic E-state index is 6.46. The van der Waals surface area contributed by atoms with Crippen molar-refractivity contribution in [1.29, 1.82) is 0 Å². The normalized spacial score (nSPS) is 11.4. The summed E-state index contributed by atoms with van der Waals surface area (Å²) in [5.74, 6) is 1.51. The van der Waals surface area contributed by atoms with Crippen LogP contribution in [-0.2, 0) is 7.05 Å². The molecule has 4 aromatic rings. The fraction of sp³-hybridized carbons (Fsp3) is 0.346. The molecular weight excluding hydrogens is 440 g/mol. The van der Waals surface area contributed by atoms with Crippen LogP contribution in [0.3, 0.4) is 0 Å². The fourth-order valence-electron chi connectivity index (χ4n) is 3.91. The highest BCUT2D eigenvalue weighted by Gasteiger charge is 2.19. The van der Waals surface area contributed by atoms with Crippen LogP contribution in [0.1, 0.15) is 19.4 Å². The lowest BCUT2D eigenvalue weighted by atomic mass is 10.1. The summed E-state index contributed by atoms with van der Waals surface area (Å²) in [6.45, 7) is 7.45. The first-order valence-corrected chi connectivity index (χ1v) is 11.7. The second-order valence-corrected chi connectivity index (χ2v) is 9.14. The number of aromatic nitrogens is 4. The molecule has 4 rings (SSSR count). The number of likely N-dealkylation sites (N-methyl/N-ethyl adjacent to an activating group) is 1. The molecule has 0 aliphatic carbocycles. The van der Waals surface area contributed by atoms with Crippen LogP contribution in [0, 0.1) is 6.92 Å². The second-order valence-electron chi connectivity index (χ2n) is 9.14. The molecule has 3 aromatic heterocycles. The molecule has 3 heterocycles. The van der Waals surface area contributed by atoms with Gasteiger partial charge in [-0.3, -0.25) is 0 Å². The Balaban J connectivity index is 1.69. The molecule has 4 N–H and O–H groups in total. The minimum atomic E-state index is -0.0661. The molecule has 0 fully saturated rings. The standard InChI is InChI=1S/C26H34N8O/c1-16(2)35-25-23(17(3)22(27)24(32-25)28-13-14-33(4)5)31-26-29-12-11-20(30-26)19-15-34(6)21-10-8-7-9-18(19)21/h7-12,15-16H,13-14,27H2,1-6H3,(H,28,32)(H,29,30,31). The van der Waals surface area contributed by atoms with Gasteiger partial charge in [0.15, 0.2) is 5.82 Å². The molecule has 0 saturated heterocycles. The van der Waals surface area contributed by atoms with E-state index in [4.69, 9.17) is 20.4 Å². The van der Waals surface area contributed by atoms with Gasteiger partial charge in [-0.25, -0.2) is 9.97 Å². The van der Waals surface area contributed by atoms with Crippen LogP contribution < -0.4 is 21.1 Å². The first-order chi connectivity index (χ1) is 16.7. The third kappa shape index (κ3) is 5.30. The van der Waals surface area contributed by atoms with E-state index in [0.717, 1.165) is 34.3 Å². The van der Waals surface area contributed by atoms with Crippen molar-refractivity contribution in [2.24, 2.45) is 7.05 Å². The maximum atomic E-state index is 6.46. The molecule has 0 aliphatic rings. The van der Waals surface area contributed by atoms with Gasteiger partial charge < -0.3 is 30.6 Å². The zero-order valence-corrected chi connectivity index (χ0v) is 21.3. The number of aryl methyl sites for hydroxylation is 1. The van der Waals surface area contributed by atoms with Crippen LogP contribution in [0.25, 0.3) is 22.2 Å². The number of nitrogens with two attached hydrogens (primary N) is 1. The van der Waals surface area contributed by atoms with Crippen molar-refractivity contribution >= 4 is 34.0 Å². The van der Waals surface area contributed by atoms with Gasteiger partial charge in [-0.05, 0) is 47.0 Å². The first-order valence-electron chi connectivity index (χ1n) is 11.7. The van der Waals surface area contributed by atoms with Gasteiger partial charge >= 0.3 is 0 Å². The number of para-hydroxylation sites is 1. The molecule has 0 unspecified atom stereocenters. The molecule has 0 radical (unpaired) electrons. The van der Waals surface area contributed by atoms with E-state index in [1.807, 2.05) is 60.1 Å². The van der Waals surface area contributed by atoms with Crippen molar-refractivity contribution in [2.45, 2.75) is 26.9 Å². The monoisotopic (exact) mass is 474 g/mol. The van der Waals surface area contributed by atoms with Gasteiger partial charge in [-0.1, -0.05) is 18.2 Å². The Bertz CT molecular complexity index is 1330. The summed E-state index contributed by atoms with van der Waals surface area (Å²) in [4.78, 5) is 16.0. The molecule has 0 saturated carbocycles. The highest BCUT2D eigenvalue weighted by molar-refractivity contribution is 5.95. The average Bonchev–Trinajstić information content (AvgIpc) is 3.16. The van der Waals surface area contributed by atoms with E-state index in [9.17, 15) is 0 Å². The van der Waals surface area contributed by atoms with Gasteiger partial charge in [0, 0.05) is 54.6 Å². The van der Waals surface area contributed by atoms with Crippen molar-refractivity contribution in [3.05, 3.63) is 48.3 Å². The molecule has 9 heteroatoms. The summed E-state index contributed by atoms with van der Waals surface area (Å²) in [6.07, 6.45) is 3.77.